The van der Waals surface area contributed by atoms with Gasteiger partial charge in [0.1, 0.15) is 12.2 Å². The highest BCUT2D eigenvalue weighted by Gasteiger charge is 2.42. The number of urea groups is 1. The third-order valence-electron chi connectivity index (χ3n) is 2.93. The van der Waals surface area contributed by atoms with E-state index in [0.717, 1.165) is 18.6 Å². The Kier molecular flexibility index (Phi) is 6.44. The average Bonchev–Trinajstić information content (AvgIpc) is 2.32. The minimum atomic E-state index is -0.988. The Labute approximate surface area is 117 Å². The number of unbranched alkanes of at least 4 members (excludes halogenated alkanes) is 1. The lowest BCUT2D eigenvalue weighted by atomic mass is 9.97. The number of carboxylic acid groups (broad SMARTS) is 1. The lowest BCUT2D eigenvalue weighted by molar-refractivity contribution is -0.159. The molecule has 110 valence electrons. The monoisotopic (exact) mass is 290 g/mol. The molecule has 1 aliphatic rings. The number of carboxylic acids is 1. The van der Waals surface area contributed by atoms with Crippen LogP contribution in [-0.4, -0.2) is 65.9 Å². The van der Waals surface area contributed by atoms with Crippen molar-refractivity contribution in [2.45, 2.75) is 25.4 Å². The summed E-state index contributed by atoms with van der Waals surface area (Å²) in [6.07, 6.45) is 4.14. The number of hydrogen-bond acceptors (Lipinski definition) is 4. The Morgan fingerprint density at radius 1 is 1.42 bits per heavy atom. The van der Waals surface area contributed by atoms with Crippen LogP contribution in [0.3, 0.4) is 0 Å². The molecular formula is C12H22N2O4S. The summed E-state index contributed by atoms with van der Waals surface area (Å²) >= 11 is 1.80. The van der Waals surface area contributed by atoms with Crippen molar-refractivity contribution in [1.82, 2.24) is 10.2 Å². The number of carbonyl (C=O) groups excluding carboxylic acids is 1. The number of aliphatic carboxylic acids is 1. The predicted molar refractivity (Wildman–Crippen MR) is 74.6 cm³/mol. The summed E-state index contributed by atoms with van der Waals surface area (Å²) in [5, 5.41) is 11.4. The summed E-state index contributed by atoms with van der Waals surface area (Å²) in [6.45, 7) is 3.06. The molecule has 0 aromatic rings. The van der Waals surface area contributed by atoms with E-state index in [0.29, 0.717) is 19.6 Å². The van der Waals surface area contributed by atoms with Gasteiger partial charge in [-0.15, -0.1) is 0 Å². The summed E-state index contributed by atoms with van der Waals surface area (Å²) in [5.41, 5.74) is -0.519. The number of hydrogen-bond donors (Lipinski definition) is 2. The molecule has 0 aromatic carbocycles. The Balaban J connectivity index is 2.11. The third-order valence-corrected chi connectivity index (χ3v) is 3.63. The van der Waals surface area contributed by atoms with E-state index in [-0.39, 0.29) is 12.6 Å². The van der Waals surface area contributed by atoms with Crippen LogP contribution in [0.1, 0.15) is 19.8 Å². The van der Waals surface area contributed by atoms with E-state index in [1.54, 1.807) is 16.7 Å². The highest BCUT2D eigenvalue weighted by atomic mass is 32.2. The number of amides is 2. The van der Waals surface area contributed by atoms with Crippen LogP contribution >= 0.6 is 11.8 Å². The summed E-state index contributed by atoms with van der Waals surface area (Å²) in [5.74, 6) is 0.124. The Hall–Kier alpha value is -0.950. The third kappa shape index (κ3) is 5.69. The van der Waals surface area contributed by atoms with E-state index in [1.165, 1.54) is 0 Å². The maximum atomic E-state index is 11.7. The Morgan fingerprint density at radius 2 is 2.11 bits per heavy atom. The first-order valence-corrected chi connectivity index (χ1v) is 7.74. The molecular weight excluding hydrogens is 268 g/mol. The van der Waals surface area contributed by atoms with Gasteiger partial charge in [-0.25, -0.2) is 9.59 Å². The van der Waals surface area contributed by atoms with E-state index < -0.39 is 11.6 Å². The van der Waals surface area contributed by atoms with Gasteiger partial charge in [0.15, 0.2) is 0 Å². The molecule has 7 heteroatoms. The maximum Gasteiger partial charge on any atom is 0.329 e. The highest BCUT2D eigenvalue weighted by molar-refractivity contribution is 7.98. The normalized spacial score (nSPS) is 16.8. The molecule has 1 fully saturated rings. The largest absolute Gasteiger partial charge is 0.480 e. The van der Waals surface area contributed by atoms with Gasteiger partial charge < -0.3 is 20.1 Å². The minimum Gasteiger partial charge on any atom is -0.480 e. The zero-order valence-corrected chi connectivity index (χ0v) is 12.3. The van der Waals surface area contributed by atoms with Crippen molar-refractivity contribution in [1.29, 1.82) is 0 Å². The van der Waals surface area contributed by atoms with E-state index >= 15 is 0 Å². The van der Waals surface area contributed by atoms with E-state index in [1.807, 2.05) is 6.92 Å². The second kappa shape index (κ2) is 7.59. The fraction of sp³-hybridized carbons (Fsp3) is 0.833. The molecule has 0 aliphatic carbocycles. The number of thioether (sulfide) groups is 1. The lowest BCUT2D eigenvalue weighted by Crippen LogP contribution is -2.65. The van der Waals surface area contributed by atoms with Crippen molar-refractivity contribution >= 4 is 23.8 Å². The number of likely N-dealkylation sites (tertiary alicyclic amines) is 1. The summed E-state index contributed by atoms with van der Waals surface area (Å²) in [7, 11) is 0. The van der Waals surface area contributed by atoms with Gasteiger partial charge in [0, 0.05) is 6.54 Å². The van der Waals surface area contributed by atoms with Gasteiger partial charge in [-0.05, 0) is 31.8 Å². The van der Waals surface area contributed by atoms with E-state index in [4.69, 9.17) is 9.84 Å². The topological polar surface area (TPSA) is 78.9 Å². The number of nitrogens with one attached hydrogen (secondary N) is 1. The summed E-state index contributed by atoms with van der Waals surface area (Å²) < 4.78 is 5.24. The molecule has 6 nitrogen and oxygen atoms in total. The molecule has 1 aliphatic heterocycles. The fourth-order valence-corrected chi connectivity index (χ4v) is 2.40. The Bertz CT molecular complexity index is 319. The highest BCUT2D eigenvalue weighted by Crippen LogP contribution is 2.24. The molecule has 0 aromatic heterocycles. The zero-order valence-electron chi connectivity index (χ0n) is 11.5. The molecule has 0 atom stereocenters. The van der Waals surface area contributed by atoms with Crippen molar-refractivity contribution < 1.29 is 19.4 Å². The quantitative estimate of drug-likeness (QED) is 0.652. The summed E-state index contributed by atoms with van der Waals surface area (Å²) in [6, 6.07) is -0.0967. The standard InChI is InChI=1S/C12H22N2O4S/c1-12(18-7-10(15)16)8-14(9-12)11(17)13-5-3-4-6-19-2/h3-9H2,1-2H3,(H,13,17)(H,15,16). The van der Waals surface area contributed by atoms with Crippen LogP contribution in [0.15, 0.2) is 0 Å². The van der Waals surface area contributed by atoms with Crippen LogP contribution in [0.5, 0.6) is 0 Å². The average molecular weight is 290 g/mol. The van der Waals surface area contributed by atoms with Gasteiger partial charge in [0.25, 0.3) is 0 Å². The number of carbonyl (C=O) groups is 2. The molecule has 1 rings (SSSR count). The van der Waals surface area contributed by atoms with E-state index in [2.05, 4.69) is 11.6 Å². The van der Waals surface area contributed by atoms with Gasteiger partial charge >= 0.3 is 12.0 Å². The predicted octanol–water partition coefficient (Wildman–Crippen LogP) is 1.01. The second-order valence-electron chi connectivity index (χ2n) is 4.92. The van der Waals surface area contributed by atoms with Crippen molar-refractivity contribution in [2.24, 2.45) is 0 Å². The minimum absolute atomic E-state index is 0.0967. The lowest BCUT2D eigenvalue weighted by Gasteiger charge is -2.46. The van der Waals surface area contributed by atoms with E-state index in [9.17, 15) is 9.59 Å². The first kappa shape index (κ1) is 16.1. The van der Waals surface area contributed by atoms with Gasteiger partial charge in [0.05, 0.1) is 13.1 Å². The van der Waals surface area contributed by atoms with Crippen molar-refractivity contribution in [3.05, 3.63) is 0 Å². The number of ether oxygens (including phenoxy) is 1. The van der Waals surface area contributed by atoms with Gasteiger partial charge in [-0.2, -0.15) is 11.8 Å². The zero-order chi connectivity index (χ0) is 14.3. The molecule has 0 unspecified atom stereocenters. The number of rotatable bonds is 8. The van der Waals surface area contributed by atoms with Gasteiger partial charge in [-0.3, -0.25) is 0 Å². The van der Waals surface area contributed by atoms with Gasteiger partial charge in [0.2, 0.25) is 0 Å². The summed E-state index contributed by atoms with van der Waals surface area (Å²) in [4.78, 5) is 23.8. The van der Waals surface area contributed by atoms with Crippen molar-refractivity contribution in [3.8, 4) is 0 Å². The molecule has 1 heterocycles. The van der Waals surface area contributed by atoms with Crippen LogP contribution in [0.4, 0.5) is 4.79 Å². The molecule has 19 heavy (non-hydrogen) atoms. The van der Waals surface area contributed by atoms with Crippen LogP contribution < -0.4 is 5.32 Å². The molecule has 0 saturated carbocycles. The second-order valence-corrected chi connectivity index (χ2v) is 5.91. The first-order chi connectivity index (χ1) is 8.97. The molecule has 2 N–H and O–H groups in total. The molecule has 0 radical (unpaired) electrons. The molecule has 0 spiro atoms. The fourth-order valence-electron chi connectivity index (χ4n) is 1.91. The molecule has 0 bridgehead atoms. The molecule has 2 amide bonds. The SMILES string of the molecule is CSCCCCNC(=O)N1CC(C)(OCC(=O)O)C1. The van der Waals surface area contributed by atoms with Crippen LogP contribution in [-0.2, 0) is 9.53 Å². The van der Waals surface area contributed by atoms with Crippen molar-refractivity contribution in [2.75, 3.05) is 38.2 Å². The van der Waals surface area contributed by atoms with Gasteiger partial charge in [-0.1, -0.05) is 0 Å². The van der Waals surface area contributed by atoms with Crippen LogP contribution in [0, 0.1) is 0 Å². The first-order valence-electron chi connectivity index (χ1n) is 6.34. The maximum absolute atomic E-state index is 11.7. The molecule has 1 saturated heterocycles. The van der Waals surface area contributed by atoms with Crippen LogP contribution in [0.2, 0.25) is 0 Å². The Morgan fingerprint density at radius 3 is 2.68 bits per heavy atom. The smallest absolute Gasteiger partial charge is 0.329 e. The van der Waals surface area contributed by atoms with Crippen molar-refractivity contribution in [3.63, 3.8) is 0 Å². The number of nitrogens with zero attached hydrogens (tertiary/aromatic N) is 1. The van der Waals surface area contributed by atoms with Crippen LogP contribution in [0.25, 0.3) is 0 Å².